The van der Waals surface area contributed by atoms with Crippen molar-refractivity contribution in [2.24, 2.45) is 5.10 Å². The third kappa shape index (κ3) is 4.69. The van der Waals surface area contributed by atoms with Crippen molar-refractivity contribution in [2.45, 2.75) is 20.3 Å². The number of methoxy groups -OCH3 is 1. The first-order valence-corrected chi connectivity index (χ1v) is 8.18. The number of carbonyl (C=O) groups excluding carboxylic acids is 1. The second kappa shape index (κ2) is 8.30. The number of thiazole rings is 1. The monoisotopic (exact) mass is 349 g/mol. The summed E-state index contributed by atoms with van der Waals surface area (Å²) in [4.78, 5) is 15.6. The van der Waals surface area contributed by atoms with Crippen LogP contribution in [0.5, 0.6) is 11.5 Å². The number of hydrogen-bond donors (Lipinski definition) is 2. The number of ether oxygens (including phenoxy) is 2. The minimum absolute atomic E-state index is 0.112. The van der Waals surface area contributed by atoms with Gasteiger partial charge in [-0.3, -0.25) is 10.2 Å². The molecular formula is C16H19N3O4S. The van der Waals surface area contributed by atoms with E-state index in [1.165, 1.54) is 17.6 Å². The molecule has 0 saturated heterocycles. The molecule has 0 saturated carbocycles. The number of aromatic nitrogens is 1. The maximum Gasteiger partial charge on any atom is 0.311 e. The van der Waals surface area contributed by atoms with Crippen LogP contribution in [0.2, 0.25) is 0 Å². The van der Waals surface area contributed by atoms with Crippen molar-refractivity contribution in [1.82, 2.24) is 4.98 Å². The highest BCUT2D eigenvalue weighted by Gasteiger charge is 2.08. The lowest BCUT2D eigenvalue weighted by Crippen LogP contribution is -2.07. The first kappa shape index (κ1) is 17.7. The second-order valence-electron chi connectivity index (χ2n) is 4.88. The van der Waals surface area contributed by atoms with E-state index < -0.39 is 0 Å². The summed E-state index contributed by atoms with van der Waals surface area (Å²) in [7, 11) is 1.57. The number of aromatic hydroxyl groups is 1. The fraction of sp³-hybridized carbons (Fsp3) is 0.312. The van der Waals surface area contributed by atoms with Gasteiger partial charge in [-0.1, -0.05) is 0 Å². The van der Waals surface area contributed by atoms with E-state index >= 15 is 0 Å². The summed E-state index contributed by atoms with van der Waals surface area (Å²) in [6.45, 7) is 3.95. The van der Waals surface area contributed by atoms with Crippen LogP contribution in [0.4, 0.5) is 5.13 Å². The van der Waals surface area contributed by atoms with E-state index in [1.807, 2.05) is 6.92 Å². The van der Waals surface area contributed by atoms with E-state index in [0.29, 0.717) is 28.7 Å². The first-order valence-electron chi connectivity index (χ1n) is 7.30. The van der Waals surface area contributed by atoms with Crippen LogP contribution in [0, 0.1) is 6.92 Å². The highest BCUT2D eigenvalue weighted by molar-refractivity contribution is 7.13. The van der Waals surface area contributed by atoms with Crippen LogP contribution in [0.3, 0.4) is 0 Å². The molecule has 2 rings (SSSR count). The molecule has 2 aromatic rings. The molecule has 1 aromatic heterocycles. The fourth-order valence-electron chi connectivity index (χ4n) is 1.97. The zero-order valence-corrected chi connectivity index (χ0v) is 14.5. The number of phenols is 1. The first-order chi connectivity index (χ1) is 11.5. The summed E-state index contributed by atoms with van der Waals surface area (Å²) in [5.41, 5.74) is 4.75. The Kier molecular flexibility index (Phi) is 6.14. The number of esters is 1. The number of benzene rings is 1. The van der Waals surface area contributed by atoms with E-state index in [9.17, 15) is 9.90 Å². The molecule has 2 N–H and O–H groups in total. The molecule has 0 aliphatic heterocycles. The van der Waals surface area contributed by atoms with Gasteiger partial charge in [0.1, 0.15) is 11.5 Å². The Morgan fingerprint density at radius 2 is 2.29 bits per heavy atom. The largest absolute Gasteiger partial charge is 0.507 e. The van der Waals surface area contributed by atoms with Crippen LogP contribution < -0.4 is 10.2 Å². The van der Waals surface area contributed by atoms with E-state index in [-0.39, 0.29) is 18.1 Å². The Bertz CT molecular complexity index is 743. The van der Waals surface area contributed by atoms with Crippen molar-refractivity contribution in [3.63, 3.8) is 0 Å². The summed E-state index contributed by atoms with van der Waals surface area (Å²) >= 11 is 1.33. The van der Waals surface area contributed by atoms with Crippen molar-refractivity contribution in [3.8, 4) is 11.5 Å². The summed E-state index contributed by atoms with van der Waals surface area (Å²) in [6, 6.07) is 3.31. The number of anilines is 1. The number of carbonyl (C=O) groups is 1. The molecule has 7 nitrogen and oxygen atoms in total. The van der Waals surface area contributed by atoms with Crippen LogP contribution >= 0.6 is 11.3 Å². The molecule has 1 aromatic carbocycles. The van der Waals surface area contributed by atoms with Gasteiger partial charge >= 0.3 is 5.97 Å². The van der Waals surface area contributed by atoms with Gasteiger partial charge in [0.25, 0.3) is 0 Å². The predicted molar refractivity (Wildman–Crippen MR) is 93.1 cm³/mol. The molecule has 0 fully saturated rings. The third-order valence-electron chi connectivity index (χ3n) is 3.09. The zero-order chi connectivity index (χ0) is 17.5. The number of nitrogens with zero attached hydrogens (tertiary/aromatic N) is 2. The minimum atomic E-state index is -0.311. The molecule has 8 heteroatoms. The van der Waals surface area contributed by atoms with Crippen LogP contribution in [0.25, 0.3) is 0 Å². The number of aryl methyl sites for hydroxylation is 1. The van der Waals surface area contributed by atoms with Crippen molar-refractivity contribution < 1.29 is 19.4 Å². The molecule has 24 heavy (non-hydrogen) atoms. The molecular weight excluding hydrogens is 330 g/mol. The van der Waals surface area contributed by atoms with Crippen LogP contribution in [0.1, 0.15) is 23.7 Å². The molecule has 0 aliphatic carbocycles. The van der Waals surface area contributed by atoms with Gasteiger partial charge in [0.05, 0.1) is 32.0 Å². The number of hydrazone groups is 1. The second-order valence-corrected chi connectivity index (χ2v) is 5.73. The van der Waals surface area contributed by atoms with Crippen LogP contribution in [0.15, 0.2) is 22.6 Å². The molecule has 128 valence electrons. The number of phenolic OH excluding ortho intramolecular Hbond substituents is 1. The van der Waals surface area contributed by atoms with Gasteiger partial charge in [-0.2, -0.15) is 5.10 Å². The maximum absolute atomic E-state index is 11.4. The van der Waals surface area contributed by atoms with Gasteiger partial charge in [0.15, 0.2) is 0 Å². The fourth-order valence-corrected chi connectivity index (χ4v) is 2.63. The quantitative estimate of drug-likeness (QED) is 0.453. The topological polar surface area (TPSA) is 93.0 Å². The Morgan fingerprint density at radius 1 is 1.50 bits per heavy atom. The molecule has 0 unspecified atom stereocenters. The predicted octanol–water partition coefficient (Wildman–Crippen LogP) is 2.72. The molecule has 0 atom stereocenters. The number of hydrogen-bond acceptors (Lipinski definition) is 8. The van der Waals surface area contributed by atoms with Gasteiger partial charge < -0.3 is 14.6 Å². The van der Waals surface area contributed by atoms with Gasteiger partial charge in [-0.15, -0.1) is 11.3 Å². The molecule has 0 spiro atoms. The minimum Gasteiger partial charge on any atom is -0.507 e. The lowest BCUT2D eigenvalue weighted by Gasteiger charge is -2.07. The summed E-state index contributed by atoms with van der Waals surface area (Å²) < 4.78 is 10.1. The average Bonchev–Trinajstić information content (AvgIpc) is 2.97. The van der Waals surface area contributed by atoms with Crippen molar-refractivity contribution in [3.05, 3.63) is 34.3 Å². The van der Waals surface area contributed by atoms with Gasteiger partial charge in [0.2, 0.25) is 5.13 Å². The lowest BCUT2D eigenvalue weighted by molar-refractivity contribution is -0.142. The summed E-state index contributed by atoms with van der Waals surface area (Å²) in [5, 5.41) is 16.3. The Labute approximate surface area is 144 Å². The zero-order valence-electron chi connectivity index (χ0n) is 13.7. The van der Waals surface area contributed by atoms with Gasteiger partial charge in [0, 0.05) is 10.9 Å². The van der Waals surface area contributed by atoms with Crippen molar-refractivity contribution in [2.75, 3.05) is 19.1 Å². The maximum atomic E-state index is 11.4. The summed E-state index contributed by atoms with van der Waals surface area (Å²) in [6.07, 6.45) is 1.61. The van der Waals surface area contributed by atoms with Crippen LogP contribution in [-0.2, 0) is 16.0 Å². The van der Waals surface area contributed by atoms with E-state index in [2.05, 4.69) is 15.5 Å². The summed E-state index contributed by atoms with van der Waals surface area (Å²) in [5.74, 6) is 0.468. The highest BCUT2D eigenvalue weighted by Crippen LogP contribution is 2.26. The number of nitrogens with one attached hydrogen (secondary N) is 1. The standard InChI is InChI=1S/C16H19N3O4S/c1-4-23-15(21)7-12-9-24-16(18-12)19-17-8-11-6-14(22-3)10(2)5-13(11)20/h5-6,8-9,20H,4,7H2,1-3H3,(H,18,19). The molecule has 1 heterocycles. The highest BCUT2D eigenvalue weighted by atomic mass is 32.1. The Balaban J connectivity index is 2.00. The molecule has 0 aliphatic rings. The van der Waals surface area contributed by atoms with Gasteiger partial charge in [-0.25, -0.2) is 4.98 Å². The Hall–Kier alpha value is -2.61. The smallest absolute Gasteiger partial charge is 0.311 e. The average molecular weight is 349 g/mol. The lowest BCUT2D eigenvalue weighted by atomic mass is 10.1. The molecule has 0 bridgehead atoms. The van der Waals surface area contributed by atoms with Crippen molar-refractivity contribution >= 4 is 28.7 Å². The SMILES string of the molecule is CCOC(=O)Cc1csc(NN=Cc2cc(OC)c(C)cc2O)n1. The van der Waals surface area contributed by atoms with Crippen molar-refractivity contribution in [1.29, 1.82) is 0 Å². The number of rotatable bonds is 7. The molecule has 0 amide bonds. The van der Waals surface area contributed by atoms with Gasteiger partial charge in [-0.05, 0) is 31.5 Å². The van der Waals surface area contributed by atoms with E-state index in [0.717, 1.165) is 5.56 Å². The Morgan fingerprint density at radius 3 is 3.00 bits per heavy atom. The molecule has 0 radical (unpaired) electrons. The third-order valence-corrected chi connectivity index (χ3v) is 3.89. The van der Waals surface area contributed by atoms with E-state index in [1.54, 1.807) is 31.5 Å². The van der Waals surface area contributed by atoms with E-state index in [4.69, 9.17) is 9.47 Å². The van der Waals surface area contributed by atoms with Crippen LogP contribution in [-0.4, -0.2) is 36.0 Å². The normalized spacial score (nSPS) is 10.8.